The van der Waals surface area contributed by atoms with Gasteiger partial charge in [0.25, 0.3) is 0 Å². The molecule has 0 bridgehead atoms. The Kier molecular flexibility index (Phi) is 6.20. The Morgan fingerprint density at radius 3 is 3.00 bits per heavy atom. The summed E-state index contributed by atoms with van der Waals surface area (Å²) in [4.78, 5) is 20.8. The van der Waals surface area contributed by atoms with Gasteiger partial charge in [-0.3, -0.25) is 9.20 Å². The lowest BCUT2D eigenvalue weighted by Gasteiger charge is -2.32. The van der Waals surface area contributed by atoms with E-state index in [1.165, 1.54) is 0 Å². The van der Waals surface area contributed by atoms with E-state index in [1.807, 2.05) is 41.4 Å². The largest absolute Gasteiger partial charge is 0.376 e. The van der Waals surface area contributed by atoms with Crippen LogP contribution in [0.2, 0.25) is 0 Å². The molecule has 2 aliphatic rings. The first-order valence-electron chi connectivity index (χ1n) is 11.0. The molecule has 2 fully saturated rings. The lowest BCUT2D eigenvalue weighted by molar-refractivity contribution is -0.138. The quantitative estimate of drug-likeness (QED) is 0.601. The molecule has 5 rings (SSSR count). The molecule has 0 aliphatic carbocycles. The number of hydrogen-bond acceptors (Lipinski definition) is 6. The summed E-state index contributed by atoms with van der Waals surface area (Å²) in [7, 11) is 0. The van der Waals surface area contributed by atoms with Crippen molar-refractivity contribution in [2.75, 3.05) is 38.2 Å². The molecule has 4 heterocycles. The zero-order chi connectivity index (χ0) is 21.0. The number of piperidine rings is 1. The smallest absolute Gasteiger partial charge is 0.248 e. The van der Waals surface area contributed by atoms with Crippen LogP contribution in [0.1, 0.15) is 37.3 Å². The second-order valence-corrected chi connectivity index (χ2v) is 9.11. The normalized spacial score (nSPS) is 21.6. The number of imidazole rings is 1. The van der Waals surface area contributed by atoms with Gasteiger partial charge in [-0.1, -0.05) is 18.2 Å². The van der Waals surface area contributed by atoms with E-state index in [0.717, 1.165) is 61.0 Å². The van der Waals surface area contributed by atoms with Crippen LogP contribution in [0, 0.1) is 0 Å². The molecule has 0 radical (unpaired) electrons. The van der Waals surface area contributed by atoms with E-state index >= 15 is 0 Å². The number of anilines is 2. The molecule has 0 unspecified atom stereocenters. The average molecular weight is 441 g/mol. The third kappa shape index (κ3) is 4.61. The second-order valence-electron chi connectivity index (χ2n) is 8.22. The number of likely N-dealkylation sites (tertiary alicyclic amines) is 1. The second kappa shape index (κ2) is 9.38. The van der Waals surface area contributed by atoms with Crippen LogP contribution in [-0.2, 0) is 14.3 Å². The fourth-order valence-electron chi connectivity index (χ4n) is 4.42. The van der Waals surface area contributed by atoms with Gasteiger partial charge in [-0.15, -0.1) is 11.3 Å². The highest BCUT2D eigenvalue weighted by atomic mass is 32.1. The molecule has 7 nitrogen and oxygen atoms in total. The lowest BCUT2D eigenvalue weighted by Crippen LogP contribution is -2.41. The van der Waals surface area contributed by atoms with E-state index in [0.29, 0.717) is 13.2 Å². The molecule has 0 saturated carbocycles. The Hall–Kier alpha value is -2.42. The number of nitrogens with zero attached hydrogens (tertiary/aromatic N) is 3. The summed E-state index contributed by atoms with van der Waals surface area (Å²) in [6, 6.07) is 10.1. The van der Waals surface area contributed by atoms with Crippen LogP contribution in [0.3, 0.4) is 0 Å². The fraction of sp³-hybridized carbons (Fsp3) is 0.478. The summed E-state index contributed by atoms with van der Waals surface area (Å²) in [6.07, 6.45) is 6.32. The van der Waals surface area contributed by atoms with Gasteiger partial charge in [0.2, 0.25) is 11.9 Å². The first kappa shape index (κ1) is 20.5. The first-order chi connectivity index (χ1) is 15.3. The van der Waals surface area contributed by atoms with Gasteiger partial charge in [0.1, 0.15) is 11.4 Å². The molecule has 2 aromatic heterocycles. The molecule has 1 amide bonds. The summed E-state index contributed by atoms with van der Waals surface area (Å²) >= 11 is 1.70. The number of nitrogens with one attached hydrogen (secondary N) is 1. The van der Waals surface area contributed by atoms with Gasteiger partial charge in [0.15, 0.2) is 0 Å². The van der Waals surface area contributed by atoms with Crippen molar-refractivity contribution in [3.63, 3.8) is 0 Å². The minimum Gasteiger partial charge on any atom is -0.376 e. The zero-order valence-corrected chi connectivity index (χ0v) is 18.4. The predicted molar refractivity (Wildman–Crippen MR) is 121 cm³/mol. The molecule has 3 aromatic rings. The minimum absolute atomic E-state index is 0.0620. The van der Waals surface area contributed by atoms with Crippen molar-refractivity contribution in [3.05, 3.63) is 47.6 Å². The number of carbonyl (C=O) groups is 1. The van der Waals surface area contributed by atoms with Crippen molar-refractivity contribution >= 4 is 33.7 Å². The van der Waals surface area contributed by atoms with Crippen molar-refractivity contribution in [2.45, 2.75) is 37.7 Å². The Morgan fingerprint density at radius 2 is 2.16 bits per heavy atom. The zero-order valence-electron chi connectivity index (χ0n) is 17.5. The number of carbonyl (C=O) groups excluding carboxylic acids is 1. The SMILES string of the molecule is O=C(COC[C@@H]1CCCO1)N1CCC[C@H](c2nc(Nc3ccccc3)n3ccsc23)C1. The monoisotopic (exact) mass is 440 g/mol. The van der Waals surface area contributed by atoms with Crippen LogP contribution in [0.25, 0.3) is 4.83 Å². The highest BCUT2D eigenvalue weighted by molar-refractivity contribution is 7.15. The van der Waals surface area contributed by atoms with Crippen LogP contribution < -0.4 is 5.32 Å². The molecule has 2 saturated heterocycles. The summed E-state index contributed by atoms with van der Waals surface area (Å²) in [5, 5.41) is 5.51. The minimum atomic E-state index is 0.0620. The van der Waals surface area contributed by atoms with Gasteiger partial charge in [0.05, 0.1) is 18.4 Å². The van der Waals surface area contributed by atoms with Crippen LogP contribution in [0.4, 0.5) is 11.6 Å². The molecular formula is C23H28N4O3S. The number of para-hydroxylation sites is 1. The molecule has 1 N–H and O–H groups in total. The maximum absolute atomic E-state index is 12.7. The van der Waals surface area contributed by atoms with Gasteiger partial charge in [0, 0.05) is 42.9 Å². The standard InChI is InChI=1S/C23H28N4O3S/c28-20(16-29-15-19-9-5-12-30-19)26-10-4-6-17(14-26)21-22-27(11-13-31-22)23(25-21)24-18-7-2-1-3-8-18/h1-3,7-8,11,13,17,19H,4-6,9-10,12,14-16H2,(H,24,25)/t17-,19-/m0/s1. The van der Waals surface area contributed by atoms with E-state index in [1.54, 1.807) is 11.3 Å². The summed E-state index contributed by atoms with van der Waals surface area (Å²) in [5.74, 6) is 1.11. The lowest BCUT2D eigenvalue weighted by atomic mass is 9.95. The van der Waals surface area contributed by atoms with Gasteiger partial charge in [-0.25, -0.2) is 4.98 Å². The van der Waals surface area contributed by atoms with Gasteiger partial charge < -0.3 is 19.7 Å². The Bertz CT molecular complexity index is 1010. The number of rotatable bonds is 7. The fourth-order valence-corrected chi connectivity index (χ4v) is 5.33. The molecule has 0 spiro atoms. The van der Waals surface area contributed by atoms with Crippen molar-refractivity contribution in [1.82, 2.24) is 14.3 Å². The topological polar surface area (TPSA) is 68.1 Å². The van der Waals surface area contributed by atoms with Crippen molar-refractivity contribution in [3.8, 4) is 0 Å². The van der Waals surface area contributed by atoms with Gasteiger partial charge >= 0.3 is 0 Å². The van der Waals surface area contributed by atoms with Crippen LogP contribution >= 0.6 is 11.3 Å². The third-order valence-corrected chi connectivity index (χ3v) is 6.91. The molecule has 8 heteroatoms. The first-order valence-corrected chi connectivity index (χ1v) is 11.9. The molecule has 2 atom stereocenters. The Labute approximate surface area is 186 Å². The molecule has 164 valence electrons. The molecule has 2 aliphatic heterocycles. The van der Waals surface area contributed by atoms with Crippen molar-refractivity contribution < 1.29 is 14.3 Å². The molecule has 31 heavy (non-hydrogen) atoms. The number of hydrogen-bond donors (Lipinski definition) is 1. The van der Waals surface area contributed by atoms with E-state index in [-0.39, 0.29) is 24.5 Å². The third-order valence-electron chi connectivity index (χ3n) is 6.03. The summed E-state index contributed by atoms with van der Waals surface area (Å²) < 4.78 is 13.3. The van der Waals surface area contributed by atoms with E-state index in [4.69, 9.17) is 14.5 Å². The van der Waals surface area contributed by atoms with Crippen LogP contribution in [0.5, 0.6) is 0 Å². The number of ether oxygens (including phenoxy) is 2. The van der Waals surface area contributed by atoms with Gasteiger partial charge in [-0.05, 0) is 37.8 Å². The Balaban J connectivity index is 1.25. The average Bonchev–Trinajstić information content (AvgIpc) is 3.54. The van der Waals surface area contributed by atoms with E-state index in [9.17, 15) is 4.79 Å². The molecule has 1 aromatic carbocycles. The van der Waals surface area contributed by atoms with E-state index in [2.05, 4.69) is 15.1 Å². The summed E-state index contributed by atoms with van der Waals surface area (Å²) in [6.45, 7) is 2.92. The predicted octanol–water partition coefficient (Wildman–Crippen LogP) is 4.04. The maximum atomic E-state index is 12.7. The highest BCUT2D eigenvalue weighted by Gasteiger charge is 2.29. The Morgan fingerprint density at radius 1 is 1.26 bits per heavy atom. The number of fused-ring (bicyclic) bond motifs is 1. The van der Waals surface area contributed by atoms with Crippen molar-refractivity contribution in [2.24, 2.45) is 0 Å². The highest BCUT2D eigenvalue weighted by Crippen LogP contribution is 2.34. The number of aromatic nitrogens is 2. The number of benzene rings is 1. The van der Waals surface area contributed by atoms with Gasteiger partial charge in [-0.2, -0.15) is 0 Å². The van der Waals surface area contributed by atoms with Crippen LogP contribution in [-0.4, -0.2) is 59.2 Å². The summed E-state index contributed by atoms with van der Waals surface area (Å²) in [5.41, 5.74) is 2.09. The number of amides is 1. The van der Waals surface area contributed by atoms with Crippen molar-refractivity contribution in [1.29, 1.82) is 0 Å². The molecular weight excluding hydrogens is 412 g/mol. The van der Waals surface area contributed by atoms with Crippen LogP contribution in [0.15, 0.2) is 41.9 Å². The number of thiazole rings is 1. The van der Waals surface area contributed by atoms with E-state index < -0.39 is 0 Å². The maximum Gasteiger partial charge on any atom is 0.248 e.